The first-order valence-electron chi connectivity index (χ1n) is 7.54. The van der Waals surface area contributed by atoms with Crippen LogP contribution in [0.5, 0.6) is 0 Å². The van der Waals surface area contributed by atoms with Crippen molar-refractivity contribution in [2.24, 2.45) is 16.7 Å². The van der Waals surface area contributed by atoms with Gasteiger partial charge in [0.1, 0.15) is 5.25 Å². The lowest BCUT2D eigenvalue weighted by molar-refractivity contribution is -0.128. The van der Waals surface area contributed by atoms with Crippen LogP contribution in [0.3, 0.4) is 0 Å². The van der Waals surface area contributed by atoms with Gasteiger partial charge in [0.05, 0.1) is 0 Å². The Morgan fingerprint density at radius 1 is 1.10 bits per heavy atom. The van der Waals surface area contributed by atoms with E-state index in [1.54, 1.807) is 0 Å². The summed E-state index contributed by atoms with van der Waals surface area (Å²) in [4.78, 5) is 12.0. The summed E-state index contributed by atoms with van der Waals surface area (Å²) in [5.74, 6) is -0.531. The van der Waals surface area contributed by atoms with Crippen LogP contribution in [0, 0.1) is 16.7 Å². The van der Waals surface area contributed by atoms with E-state index in [0.717, 1.165) is 32.6 Å². The van der Waals surface area contributed by atoms with E-state index in [4.69, 9.17) is 4.55 Å². The SMILES string of the molecule is C1CNCCN1.CC12CCC(C(S(=O)(=O)O)C1=O)C2(C)C. The summed E-state index contributed by atoms with van der Waals surface area (Å²) in [6.45, 7) is 10.2. The van der Waals surface area contributed by atoms with Gasteiger partial charge >= 0.3 is 0 Å². The van der Waals surface area contributed by atoms with E-state index in [9.17, 15) is 13.2 Å². The highest BCUT2D eigenvalue weighted by Crippen LogP contribution is 2.64. The number of carbonyl (C=O) groups is 1. The molecule has 0 aromatic rings. The van der Waals surface area contributed by atoms with Gasteiger partial charge in [0.2, 0.25) is 0 Å². The summed E-state index contributed by atoms with van der Waals surface area (Å²) >= 11 is 0. The third kappa shape index (κ3) is 2.76. The van der Waals surface area contributed by atoms with Crippen LogP contribution in [-0.2, 0) is 14.9 Å². The van der Waals surface area contributed by atoms with Gasteiger partial charge in [-0.1, -0.05) is 20.8 Å². The van der Waals surface area contributed by atoms with Crippen LogP contribution in [0.2, 0.25) is 0 Å². The molecular formula is C14H26N2O4S. The Hall–Kier alpha value is -0.500. The van der Waals surface area contributed by atoms with E-state index in [1.807, 2.05) is 20.8 Å². The van der Waals surface area contributed by atoms with Crippen LogP contribution >= 0.6 is 0 Å². The Bertz CT molecular complexity index is 502. The van der Waals surface area contributed by atoms with E-state index in [2.05, 4.69) is 10.6 Å². The van der Waals surface area contributed by atoms with Gasteiger partial charge in [-0.25, -0.2) is 0 Å². The van der Waals surface area contributed by atoms with Crippen molar-refractivity contribution < 1.29 is 17.8 Å². The minimum absolute atomic E-state index is 0.231. The van der Waals surface area contributed by atoms with Gasteiger partial charge in [-0.2, -0.15) is 8.42 Å². The smallest absolute Gasteiger partial charge is 0.275 e. The molecular weight excluding hydrogens is 292 g/mol. The summed E-state index contributed by atoms with van der Waals surface area (Å²) in [6.07, 6.45) is 1.44. The van der Waals surface area contributed by atoms with Crippen LogP contribution in [0.15, 0.2) is 0 Å². The fourth-order valence-electron chi connectivity index (χ4n) is 3.95. The molecule has 3 rings (SSSR count). The molecule has 0 aromatic heterocycles. The molecule has 3 fully saturated rings. The Morgan fingerprint density at radius 3 is 1.81 bits per heavy atom. The Kier molecular flexibility index (Phi) is 4.50. The summed E-state index contributed by atoms with van der Waals surface area (Å²) in [6, 6.07) is 0. The van der Waals surface area contributed by atoms with Crippen molar-refractivity contribution in [2.45, 2.75) is 38.9 Å². The summed E-state index contributed by atoms with van der Waals surface area (Å²) in [5.41, 5.74) is -0.914. The molecule has 3 unspecified atom stereocenters. The number of rotatable bonds is 1. The largest absolute Gasteiger partial charge is 0.314 e. The molecule has 3 N–H and O–H groups in total. The number of piperazine rings is 1. The zero-order valence-electron chi connectivity index (χ0n) is 13.0. The maximum Gasteiger partial charge on any atom is 0.275 e. The highest BCUT2D eigenvalue weighted by atomic mass is 32.2. The third-order valence-electron chi connectivity index (χ3n) is 5.75. The molecule has 0 amide bonds. The van der Waals surface area contributed by atoms with Crippen LogP contribution in [0.1, 0.15) is 33.6 Å². The molecule has 2 saturated carbocycles. The van der Waals surface area contributed by atoms with E-state index in [1.165, 1.54) is 0 Å². The topological polar surface area (TPSA) is 95.5 Å². The zero-order chi connectivity index (χ0) is 15.9. The first-order valence-corrected chi connectivity index (χ1v) is 9.05. The van der Waals surface area contributed by atoms with Gasteiger partial charge in [-0.3, -0.25) is 9.35 Å². The summed E-state index contributed by atoms with van der Waals surface area (Å²) in [5, 5.41) is 5.26. The Balaban J connectivity index is 0.000000225. The predicted octanol–water partition coefficient (Wildman–Crippen LogP) is 0.447. The maximum absolute atomic E-state index is 12.0. The molecule has 3 aliphatic rings. The van der Waals surface area contributed by atoms with Crippen LogP contribution in [0.4, 0.5) is 0 Å². The van der Waals surface area contributed by atoms with Crippen molar-refractivity contribution in [1.82, 2.24) is 10.6 Å². The number of Topliss-reactive ketones (excluding diaryl/α,β-unsaturated/α-hetero) is 1. The molecule has 0 radical (unpaired) electrons. The molecule has 2 bridgehead atoms. The second kappa shape index (κ2) is 5.61. The lowest BCUT2D eigenvalue weighted by Crippen LogP contribution is -2.39. The van der Waals surface area contributed by atoms with Crippen molar-refractivity contribution in [3.05, 3.63) is 0 Å². The van der Waals surface area contributed by atoms with E-state index in [0.29, 0.717) is 6.42 Å². The molecule has 0 spiro atoms. The quantitative estimate of drug-likeness (QED) is 0.608. The Morgan fingerprint density at radius 2 is 1.57 bits per heavy atom. The zero-order valence-corrected chi connectivity index (χ0v) is 13.8. The van der Waals surface area contributed by atoms with Crippen molar-refractivity contribution in [3.8, 4) is 0 Å². The molecule has 21 heavy (non-hydrogen) atoms. The van der Waals surface area contributed by atoms with Crippen molar-refractivity contribution in [2.75, 3.05) is 26.2 Å². The Labute approximate surface area is 126 Å². The molecule has 0 aromatic carbocycles. The van der Waals surface area contributed by atoms with Gasteiger partial charge in [-0.05, 0) is 24.2 Å². The fraction of sp³-hybridized carbons (Fsp3) is 0.929. The highest BCUT2D eigenvalue weighted by molar-refractivity contribution is 7.87. The van der Waals surface area contributed by atoms with Crippen LogP contribution in [0.25, 0.3) is 0 Å². The van der Waals surface area contributed by atoms with Gasteiger partial charge in [-0.15, -0.1) is 0 Å². The molecule has 1 aliphatic heterocycles. The van der Waals surface area contributed by atoms with Gasteiger partial charge in [0.15, 0.2) is 5.78 Å². The monoisotopic (exact) mass is 318 g/mol. The third-order valence-corrected chi connectivity index (χ3v) is 6.93. The second-order valence-corrected chi connectivity index (χ2v) is 8.54. The number of fused-ring (bicyclic) bond motifs is 2. The average molecular weight is 318 g/mol. The number of hydrogen-bond donors (Lipinski definition) is 3. The van der Waals surface area contributed by atoms with Gasteiger partial charge < -0.3 is 10.6 Å². The molecule has 3 atom stereocenters. The standard InChI is InChI=1S/C10H16O4S.C4H10N2/c1-9(2)6-4-5-10(9,3)8(11)7(6)15(12,13)14;1-2-6-4-3-5-1/h6-7H,4-5H2,1-3H3,(H,12,13,14);5-6H,1-4H2. The molecule has 7 heteroatoms. The summed E-state index contributed by atoms with van der Waals surface area (Å²) in [7, 11) is -4.24. The first kappa shape index (κ1) is 16.9. The molecule has 1 heterocycles. The van der Waals surface area contributed by atoms with E-state index >= 15 is 0 Å². The predicted molar refractivity (Wildman–Crippen MR) is 80.7 cm³/mol. The molecule has 1 saturated heterocycles. The second-order valence-electron chi connectivity index (χ2n) is 7.00. The van der Waals surface area contributed by atoms with Crippen molar-refractivity contribution in [3.63, 3.8) is 0 Å². The highest BCUT2D eigenvalue weighted by Gasteiger charge is 2.69. The number of carbonyl (C=O) groups excluding carboxylic acids is 1. The fourth-order valence-corrected chi connectivity index (χ4v) is 5.37. The average Bonchev–Trinajstić information content (AvgIpc) is 2.72. The van der Waals surface area contributed by atoms with E-state index in [-0.39, 0.29) is 17.1 Å². The number of hydrogen-bond acceptors (Lipinski definition) is 5. The maximum atomic E-state index is 12.0. The van der Waals surface area contributed by atoms with Crippen molar-refractivity contribution in [1.29, 1.82) is 0 Å². The normalized spacial score (nSPS) is 38.0. The molecule has 2 aliphatic carbocycles. The number of ketones is 1. The number of nitrogens with one attached hydrogen (secondary N) is 2. The van der Waals surface area contributed by atoms with E-state index < -0.39 is 20.8 Å². The minimum Gasteiger partial charge on any atom is -0.314 e. The van der Waals surface area contributed by atoms with Gasteiger partial charge in [0, 0.05) is 31.6 Å². The first-order chi connectivity index (χ1) is 9.62. The van der Waals surface area contributed by atoms with Crippen molar-refractivity contribution >= 4 is 15.9 Å². The molecule has 122 valence electrons. The minimum atomic E-state index is -4.24. The lowest BCUT2D eigenvalue weighted by atomic mass is 9.70. The lowest BCUT2D eigenvalue weighted by Gasteiger charge is -2.32. The molecule has 6 nitrogen and oxygen atoms in total. The van der Waals surface area contributed by atoms with Crippen LogP contribution < -0.4 is 10.6 Å². The summed E-state index contributed by atoms with van der Waals surface area (Å²) < 4.78 is 31.5. The van der Waals surface area contributed by atoms with Crippen LogP contribution in [-0.4, -0.2) is 50.2 Å². The van der Waals surface area contributed by atoms with Gasteiger partial charge in [0.25, 0.3) is 10.1 Å².